The molecule has 100 valence electrons. The van der Waals surface area contributed by atoms with Crippen LogP contribution < -0.4 is 10.6 Å². The minimum atomic E-state index is -1.33. The lowest BCUT2D eigenvalue weighted by molar-refractivity contribution is 0.342. The zero-order chi connectivity index (χ0) is 13.7. The molecule has 0 aliphatic rings. The lowest BCUT2D eigenvalue weighted by Crippen LogP contribution is -2.31. The lowest BCUT2D eigenvalue weighted by Gasteiger charge is -2.12. The topological polar surface area (TPSA) is 37.0 Å². The van der Waals surface area contributed by atoms with Gasteiger partial charge in [-0.3, -0.25) is 0 Å². The van der Waals surface area contributed by atoms with Crippen LogP contribution in [0, 0.1) is 5.82 Å². The molecule has 0 radical (unpaired) electrons. The summed E-state index contributed by atoms with van der Waals surface area (Å²) in [6, 6.07) is 5.46. The first kappa shape index (κ1) is 13.8. The number of anilines is 1. The van der Waals surface area contributed by atoms with E-state index < -0.39 is 12.0 Å². The van der Waals surface area contributed by atoms with Gasteiger partial charge in [0.05, 0.1) is 6.54 Å². The minimum absolute atomic E-state index is 0.0271. The van der Waals surface area contributed by atoms with E-state index in [1.54, 1.807) is 11.6 Å². The molecule has 0 saturated heterocycles. The molecular weight excluding hydrogens is 288 g/mol. The predicted octanol–water partition coefficient (Wildman–Crippen LogP) is 3.28. The van der Waals surface area contributed by atoms with Crippen molar-refractivity contribution in [2.24, 2.45) is 0 Å². The van der Waals surface area contributed by atoms with Gasteiger partial charge in [-0.05, 0) is 29.9 Å². The second-order valence-electron chi connectivity index (χ2n) is 3.69. The van der Waals surface area contributed by atoms with Crippen molar-refractivity contribution >= 4 is 33.8 Å². The van der Waals surface area contributed by atoms with E-state index in [1.165, 1.54) is 35.6 Å². The average molecular weight is 299 g/mol. The maximum absolute atomic E-state index is 13.8. The molecule has 0 bridgehead atoms. The van der Waals surface area contributed by atoms with Crippen LogP contribution in [0.1, 0.15) is 11.7 Å². The molecule has 19 heavy (non-hydrogen) atoms. The van der Waals surface area contributed by atoms with Gasteiger partial charge in [-0.2, -0.15) is 0 Å². The summed E-state index contributed by atoms with van der Waals surface area (Å²) in [6.45, 7) is -0.0271. The quantitative estimate of drug-likeness (QED) is 0.850. The Hall–Kier alpha value is -1.60. The Kier molecular flexibility index (Phi) is 4.75. The van der Waals surface area contributed by atoms with Crippen LogP contribution in [-0.4, -0.2) is 16.6 Å². The van der Waals surface area contributed by atoms with Crippen molar-refractivity contribution in [2.75, 3.05) is 11.9 Å². The van der Waals surface area contributed by atoms with Crippen molar-refractivity contribution in [3.8, 4) is 0 Å². The van der Waals surface area contributed by atoms with Crippen molar-refractivity contribution < 1.29 is 8.78 Å². The van der Waals surface area contributed by atoms with Gasteiger partial charge in [0.25, 0.3) is 0 Å². The number of hydrogen-bond donors (Lipinski definition) is 2. The zero-order valence-corrected chi connectivity index (χ0v) is 11.4. The van der Waals surface area contributed by atoms with Crippen LogP contribution in [-0.2, 0) is 0 Å². The van der Waals surface area contributed by atoms with Gasteiger partial charge in [0, 0.05) is 11.6 Å². The summed E-state index contributed by atoms with van der Waals surface area (Å²) < 4.78 is 26.8. The van der Waals surface area contributed by atoms with E-state index >= 15 is 0 Å². The molecule has 0 aliphatic carbocycles. The molecule has 1 heterocycles. The van der Waals surface area contributed by atoms with Crippen molar-refractivity contribution in [2.45, 2.75) is 6.17 Å². The van der Waals surface area contributed by atoms with E-state index in [-0.39, 0.29) is 17.2 Å². The largest absolute Gasteiger partial charge is 0.359 e. The molecule has 3 nitrogen and oxygen atoms in total. The summed E-state index contributed by atoms with van der Waals surface area (Å²) in [5.74, 6) is -0.455. The van der Waals surface area contributed by atoms with Gasteiger partial charge in [-0.25, -0.2) is 13.8 Å². The van der Waals surface area contributed by atoms with E-state index in [4.69, 9.17) is 12.2 Å². The number of nitrogens with one attached hydrogen (secondary N) is 2. The number of halogens is 2. The number of thiazole rings is 1. The molecule has 2 N–H and O–H groups in total. The van der Waals surface area contributed by atoms with Gasteiger partial charge in [0.15, 0.2) is 10.2 Å². The highest BCUT2D eigenvalue weighted by atomic mass is 32.1. The van der Waals surface area contributed by atoms with Crippen LogP contribution >= 0.6 is 23.6 Å². The van der Waals surface area contributed by atoms with Gasteiger partial charge in [-0.15, -0.1) is 11.3 Å². The van der Waals surface area contributed by atoms with Crippen molar-refractivity contribution in [3.63, 3.8) is 0 Å². The fraction of sp³-hybridized carbons (Fsp3) is 0.167. The summed E-state index contributed by atoms with van der Waals surface area (Å²) in [5, 5.41) is 8.28. The molecule has 1 atom stereocenters. The highest BCUT2D eigenvalue weighted by molar-refractivity contribution is 7.80. The molecule has 1 aromatic heterocycles. The first-order chi connectivity index (χ1) is 9.15. The van der Waals surface area contributed by atoms with Crippen LogP contribution in [0.2, 0.25) is 0 Å². The molecule has 1 aromatic carbocycles. The molecule has 2 aromatic rings. The van der Waals surface area contributed by atoms with Gasteiger partial charge in [-0.1, -0.05) is 12.1 Å². The van der Waals surface area contributed by atoms with Crippen LogP contribution in [0.25, 0.3) is 0 Å². The number of hydrogen-bond acceptors (Lipinski definition) is 3. The average Bonchev–Trinajstić information content (AvgIpc) is 2.88. The van der Waals surface area contributed by atoms with Crippen molar-refractivity contribution in [1.29, 1.82) is 0 Å². The molecule has 0 fully saturated rings. The van der Waals surface area contributed by atoms with Crippen molar-refractivity contribution in [1.82, 2.24) is 10.3 Å². The molecule has 0 spiro atoms. The van der Waals surface area contributed by atoms with E-state index in [9.17, 15) is 8.78 Å². The standard InChI is InChI=1S/C12H11F2N3S2/c13-9-3-1-2-8(6-9)10(14)7-16-11(18)17-12-15-4-5-19-12/h1-6,10H,7H2,(H2,15,16,17,18). The molecule has 0 aliphatic heterocycles. The molecule has 0 amide bonds. The number of thiocarbonyl (C=S) groups is 1. The van der Waals surface area contributed by atoms with Crippen LogP contribution in [0.3, 0.4) is 0 Å². The first-order valence-corrected chi connectivity index (χ1v) is 6.78. The SMILES string of the molecule is Fc1cccc(C(F)CNC(=S)Nc2nccs2)c1. The number of alkyl halides is 1. The molecular formula is C12H11F2N3S2. The molecule has 1 unspecified atom stereocenters. The fourth-order valence-corrected chi connectivity index (χ4v) is 2.21. The third kappa shape index (κ3) is 4.22. The highest BCUT2D eigenvalue weighted by Crippen LogP contribution is 2.17. The Bertz CT molecular complexity index is 546. The number of rotatable bonds is 4. The predicted molar refractivity (Wildman–Crippen MR) is 76.6 cm³/mol. The van der Waals surface area contributed by atoms with Gasteiger partial charge in [0.2, 0.25) is 0 Å². The van der Waals surface area contributed by atoms with Crippen molar-refractivity contribution in [3.05, 3.63) is 47.2 Å². The zero-order valence-electron chi connectivity index (χ0n) is 9.77. The fourth-order valence-electron chi connectivity index (χ4n) is 1.43. The second-order valence-corrected chi connectivity index (χ2v) is 5.00. The summed E-state index contributed by atoms with van der Waals surface area (Å²) in [4.78, 5) is 3.99. The van der Waals surface area contributed by atoms with Gasteiger partial charge in [0.1, 0.15) is 12.0 Å². The highest BCUT2D eigenvalue weighted by Gasteiger charge is 2.11. The Morgan fingerprint density at radius 3 is 3.00 bits per heavy atom. The second kappa shape index (κ2) is 6.53. The monoisotopic (exact) mass is 299 g/mol. The summed E-state index contributed by atoms with van der Waals surface area (Å²) in [7, 11) is 0. The maximum Gasteiger partial charge on any atom is 0.188 e. The summed E-state index contributed by atoms with van der Waals surface area (Å²) in [5.41, 5.74) is 0.282. The number of benzene rings is 1. The smallest absolute Gasteiger partial charge is 0.188 e. The Labute approximate surface area is 118 Å². The summed E-state index contributed by atoms with van der Waals surface area (Å²) in [6.07, 6.45) is 0.312. The third-order valence-corrected chi connectivity index (χ3v) is 3.24. The van der Waals surface area contributed by atoms with Crippen LogP contribution in [0.15, 0.2) is 35.8 Å². The van der Waals surface area contributed by atoms with E-state index in [2.05, 4.69) is 15.6 Å². The van der Waals surface area contributed by atoms with Gasteiger partial charge >= 0.3 is 0 Å². The van der Waals surface area contributed by atoms with E-state index in [0.717, 1.165) is 0 Å². The molecule has 7 heteroatoms. The summed E-state index contributed by atoms with van der Waals surface area (Å²) >= 11 is 6.39. The Balaban J connectivity index is 1.83. The minimum Gasteiger partial charge on any atom is -0.359 e. The lowest BCUT2D eigenvalue weighted by atomic mass is 10.1. The van der Waals surface area contributed by atoms with Crippen LogP contribution in [0.4, 0.5) is 13.9 Å². The van der Waals surface area contributed by atoms with E-state index in [1.807, 2.05) is 0 Å². The Morgan fingerprint density at radius 2 is 2.32 bits per heavy atom. The third-order valence-electron chi connectivity index (χ3n) is 2.30. The Morgan fingerprint density at radius 1 is 1.47 bits per heavy atom. The maximum atomic E-state index is 13.8. The molecule has 2 rings (SSSR count). The van der Waals surface area contributed by atoms with Crippen LogP contribution in [0.5, 0.6) is 0 Å². The molecule has 0 saturated carbocycles. The number of aromatic nitrogens is 1. The van der Waals surface area contributed by atoms with Gasteiger partial charge < -0.3 is 10.6 Å². The van der Waals surface area contributed by atoms with E-state index in [0.29, 0.717) is 5.13 Å². The normalized spacial score (nSPS) is 11.9. The first-order valence-electron chi connectivity index (χ1n) is 5.49. The number of nitrogens with zero attached hydrogens (tertiary/aromatic N) is 1.